The molecule has 0 atom stereocenters. The first kappa shape index (κ1) is 19.6. The Bertz CT molecular complexity index is 697. The van der Waals surface area contributed by atoms with Gasteiger partial charge in [-0.2, -0.15) is 0 Å². The molecule has 0 saturated carbocycles. The summed E-state index contributed by atoms with van der Waals surface area (Å²) in [5.74, 6) is 1.97. The fourth-order valence-electron chi connectivity index (χ4n) is 2.32. The lowest BCUT2D eigenvalue weighted by Gasteiger charge is -2.11. The van der Waals surface area contributed by atoms with Gasteiger partial charge in [-0.25, -0.2) is 0 Å². The van der Waals surface area contributed by atoms with Gasteiger partial charge in [0.1, 0.15) is 11.5 Å². The highest BCUT2D eigenvalue weighted by molar-refractivity contribution is 5.80. The number of benzene rings is 2. The number of hydrogen-bond donors (Lipinski definition) is 0. The molecule has 0 aromatic heterocycles. The van der Waals surface area contributed by atoms with Gasteiger partial charge in [0.05, 0.1) is 25.9 Å². The third-order valence-electron chi connectivity index (χ3n) is 3.23. The van der Waals surface area contributed by atoms with Crippen molar-refractivity contribution in [2.75, 3.05) is 19.8 Å². The molecule has 2 rings (SSSR count). The normalized spacial score (nSPS) is 9.58. The molecule has 6 heteroatoms. The van der Waals surface area contributed by atoms with Crippen LogP contribution in [0.4, 0.5) is 5.69 Å². The van der Waals surface area contributed by atoms with Crippen LogP contribution in [-0.4, -0.2) is 19.8 Å². The Labute approximate surface area is 148 Å². The number of rotatable bonds is 7. The summed E-state index contributed by atoms with van der Waals surface area (Å²) in [6.07, 6.45) is 0. The molecule has 0 spiro atoms. The molecule has 24 heavy (non-hydrogen) atoms. The van der Waals surface area contributed by atoms with Crippen LogP contribution in [0.5, 0.6) is 17.2 Å². The van der Waals surface area contributed by atoms with Crippen molar-refractivity contribution in [2.45, 2.75) is 20.8 Å². The van der Waals surface area contributed by atoms with E-state index in [4.69, 9.17) is 14.2 Å². The first-order chi connectivity index (χ1) is 11.2. The van der Waals surface area contributed by atoms with Crippen LogP contribution in [0, 0.1) is 5.39 Å². The van der Waals surface area contributed by atoms with Crippen molar-refractivity contribution < 1.29 is 26.6 Å². The zero-order valence-electron chi connectivity index (χ0n) is 14.1. The lowest BCUT2D eigenvalue weighted by molar-refractivity contribution is -0.00000656. The Balaban J connectivity index is 0.00000288. The average Bonchev–Trinajstić information content (AvgIpc) is 2.57. The van der Waals surface area contributed by atoms with Gasteiger partial charge in [0, 0.05) is 5.56 Å². The maximum Gasteiger partial charge on any atom is 0.430 e. The van der Waals surface area contributed by atoms with Gasteiger partial charge < -0.3 is 26.6 Å². The summed E-state index contributed by atoms with van der Waals surface area (Å²) in [7, 11) is 0. The van der Waals surface area contributed by atoms with Gasteiger partial charge in [0.25, 0.3) is 0 Å². The number of hydrogen-bond acceptors (Lipinski definition) is 4. The molecular formula is C18H21ClN2O3. The Hall–Kier alpha value is -2.45. The highest BCUT2D eigenvalue weighted by Gasteiger charge is 2.23. The Morgan fingerprint density at radius 2 is 1.42 bits per heavy atom. The van der Waals surface area contributed by atoms with Crippen molar-refractivity contribution in [3.8, 4) is 28.4 Å². The highest BCUT2D eigenvalue weighted by Crippen LogP contribution is 2.42. The van der Waals surface area contributed by atoms with Crippen LogP contribution in [0.3, 0.4) is 0 Å². The Kier molecular flexibility index (Phi) is 7.87. The van der Waals surface area contributed by atoms with E-state index < -0.39 is 0 Å². The smallest absolute Gasteiger partial charge is 0.430 e. The van der Waals surface area contributed by atoms with E-state index in [0.717, 1.165) is 16.9 Å². The maximum absolute atomic E-state index is 9.29. The molecule has 0 saturated heterocycles. The van der Waals surface area contributed by atoms with E-state index >= 15 is 0 Å². The minimum absolute atomic E-state index is 0. The summed E-state index contributed by atoms with van der Waals surface area (Å²) >= 11 is 0. The van der Waals surface area contributed by atoms with Gasteiger partial charge in [-0.15, -0.1) is 0 Å². The van der Waals surface area contributed by atoms with E-state index in [1.165, 1.54) is 0 Å². The molecule has 0 radical (unpaired) electrons. The minimum Gasteiger partial charge on any atom is -1.00 e. The van der Waals surface area contributed by atoms with E-state index in [9.17, 15) is 5.39 Å². The van der Waals surface area contributed by atoms with Crippen LogP contribution in [-0.2, 0) is 0 Å². The van der Waals surface area contributed by atoms with Gasteiger partial charge in [-0.05, 0) is 44.5 Å². The summed E-state index contributed by atoms with van der Waals surface area (Å²) < 4.78 is 16.7. The molecule has 0 amide bonds. The Morgan fingerprint density at radius 1 is 0.833 bits per heavy atom. The fraction of sp³-hybridized carbons (Fsp3) is 0.333. The van der Waals surface area contributed by atoms with E-state index in [0.29, 0.717) is 37.0 Å². The number of halogens is 1. The summed E-state index contributed by atoms with van der Waals surface area (Å²) in [4.78, 5) is 3.34. The second kappa shape index (κ2) is 9.64. The minimum atomic E-state index is 0. The van der Waals surface area contributed by atoms with Gasteiger partial charge >= 0.3 is 5.69 Å². The SMILES string of the molecule is CCOc1ccc(-c2cc(OCC)cc([N+]#N)c2OCC)cc1.[Cl-]. The zero-order valence-corrected chi connectivity index (χ0v) is 14.8. The standard InChI is InChI=1S/C18H21N2O3.ClH/c1-4-21-14-9-7-13(8-10-14)16-11-15(22-5-2)12-17(20-19)18(16)23-6-3;/h7-12H,4-6H2,1-3H3;1H/q+1;/p-1. The van der Waals surface area contributed by atoms with Crippen LogP contribution in [0.2, 0.25) is 0 Å². The van der Waals surface area contributed by atoms with Crippen LogP contribution >= 0.6 is 0 Å². The summed E-state index contributed by atoms with van der Waals surface area (Å²) in [6, 6.07) is 11.2. The van der Waals surface area contributed by atoms with Crippen molar-refractivity contribution in [3.63, 3.8) is 0 Å². The number of ether oxygens (including phenoxy) is 3. The van der Waals surface area contributed by atoms with Gasteiger partial charge in [0.2, 0.25) is 11.1 Å². The second-order valence-corrected chi connectivity index (χ2v) is 4.74. The predicted octanol–water partition coefficient (Wildman–Crippen LogP) is 2.04. The van der Waals surface area contributed by atoms with Crippen molar-refractivity contribution in [1.29, 1.82) is 5.39 Å². The van der Waals surface area contributed by atoms with E-state index in [1.54, 1.807) is 6.07 Å². The van der Waals surface area contributed by atoms with Crippen LogP contribution in [0.15, 0.2) is 36.4 Å². The molecule has 0 aliphatic heterocycles. The molecule has 0 aliphatic rings. The van der Waals surface area contributed by atoms with Crippen molar-refractivity contribution in [1.82, 2.24) is 0 Å². The lowest BCUT2D eigenvalue weighted by atomic mass is 10.0. The zero-order chi connectivity index (χ0) is 16.7. The van der Waals surface area contributed by atoms with Gasteiger partial charge in [0.15, 0.2) is 4.98 Å². The summed E-state index contributed by atoms with van der Waals surface area (Å²) in [5, 5.41) is 9.29. The topological polar surface area (TPSA) is 55.8 Å². The number of nitrogens with zero attached hydrogens (tertiary/aromatic N) is 2. The molecule has 128 valence electrons. The summed E-state index contributed by atoms with van der Waals surface area (Å²) in [6.45, 7) is 7.36. The van der Waals surface area contributed by atoms with Crippen molar-refractivity contribution >= 4 is 5.69 Å². The third-order valence-corrected chi connectivity index (χ3v) is 3.23. The highest BCUT2D eigenvalue weighted by atomic mass is 35.5. The molecule has 2 aromatic rings. The quantitative estimate of drug-likeness (QED) is 0.718. The maximum atomic E-state index is 9.29. The molecular weight excluding hydrogens is 328 g/mol. The van der Waals surface area contributed by atoms with Crippen LogP contribution in [0.25, 0.3) is 16.1 Å². The fourth-order valence-corrected chi connectivity index (χ4v) is 2.32. The predicted molar refractivity (Wildman–Crippen MR) is 90.1 cm³/mol. The molecule has 0 bridgehead atoms. The largest absolute Gasteiger partial charge is 1.00 e. The third kappa shape index (κ3) is 4.53. The molecule has 0 aliphatic carbocycles. The van der Waals surface area contributed by atoms with Crippen LogP contribution in [0.1, 0.15) is 20.8 Å². The van der Waals surface area contributed by atoms with Crippen molar-refractivity contribution in [2.24, 2.45) is 0 Å². The van der Waals surface area contributed by atoms with E-state index in [-0.39, 0.29) is 12.4 Å². The van der Waals surface area contributed by atoms with Gasteiger partial charge in [-0.3, -0.25) is 0 Å². The molecule has 0 N–H and O–H groups in total. The Morgan fingerprint density at radius 3 is 1.96 bits per heavy atom. The van der Waals surface area contributed by atoms with Crippen LogP contribution < -0.4 is 26.6 Å². The van der Waals surface area contributed by atoms with Gasteiger partial charge in [-0.1, -0.05) is 12.1 Å². The molecule has 0 heterocycles. The first-order valence-corrected chi connectivity index (χ1v) is 7.75. The average molecular weight is 349 g/mol. The second-order valence-electron chi connectivity index (χ2n) is 4.74. The lowest BCUT2D eigenvalue weighted by Crippen LogP contribution is -3.00. The monoisotopic (exact) mass is 348 g/mol. The van der Waals surface area contributed by atoms with E-state index in [2.05, 4.69) is 4.98 Å². The molecule has 2 aromatic carbocycles. The molecule has 5 nitrogen and oxygen atoms in total. The number of diazo groups is 1. The van der Waals surface area contributed by atoms with Crippen molar-refractivity contribution in [3.05, 3.63) is 41.4 Å². The van der Waals surface area contributed by atoms with E-state index in [1.807, 2.05) is 51.1 Å². The summed E-state index contributed by atoms with van der Waals surface area (Å²) in [5.41, 5.74) is 2.10. The first-order valence-electron chi connectivity index (χ1n) is 7.75. The molecule has 0 fully saturated rings. The molecule has 0 unspecified atom stereocenters.